The molecule has 1 aromatic heterocycles. The number of nitrogens with two attached hydrogens (primary N) is 1. The summed E-state index contributed by atoms with van der Waals surface area (Å²) in [6.07, 6.45) is 4.54. The number of aromatic nitrogens is 1. The zero-order valence-electron chi connectivity index (χ0n) is 11.1. The van der Waals surface area contributed by atoms with Crippen molar-refractivity contribution in [2.75, 3.05) is 18.1 Å². The predicted molar refractivity (Wildman–Crippen MR) is 73.6 cm³/mol. The van der Waals surface area contributed by atoms with Crippen LogP contribution in [0.15, 0.2) is 12.1 Å². The SMILES string of the molecule is Cc1ccc(CN)c(N(CCCO)C2CCC2)n1. The van der Waals surface area contributed by atoms with Crippen LogP contribution in [0.25, 0.3) is 0 Å². The van der Waals surface area contributed by atoms with Gasteiger partial charge in [0.15, 0.2) is 0 Å². The molecule has 18 heavy (non-hydrogen) atoms. The fraction of sp³-hybridized carbons (Fsp3) is 0.643. The smallest absolute Gasteiger partial charge is 0.133 e. The molecule has 2 rings (SSSR count). The first kappa shape index (κ1) is 13.3. The van der Waals surface area contributed by atoms with E-state index in [2.05, 4.69) is 16.0 Å². The summed E-state index contributed by atoms with van der Waals surface area (Å²) >= 11 is 0. The Morgan fingerprint density at radius 2 is 2.22 bits per heavy atom. The normalized spacial score (nSPS) is 15.5. The molecule has 1 saturated carbocycles. The molecule has 0 aromatic carbocycles. The highest BCUT2D eigenvalue weighted by atomic mass is 16.3. The van der Waals surface area contributed by atoms with E-state index in [1.165, 1.54) is 19.3 Å². The number of nitrogens with zero attached hydrogens (tertiary/aromatic N) is 2. The lowest BCUT2D eigenvalue weighted by Crippen LogP contribution is -2.42. The molecule has 1 fully saturated rings. The van der Waals surface area contributed by atoms with Crippen LogP contribution in [0, 0.1) is 6.92 Å². The van der Waals surface area contributed by atoms with Crippen LogP contribution in [-0.4, -0.2) is 29.3 Å². The van der Waals surface area contributed by atoms with E-state index in [1.807, 2.05) is 13.0 Å². The maximum atomic E-state index is 9.04. The van der Waals surface area contributed by atoms with Crippen LogP contribution in [0.4, 0.5) is 5.82 Å². The summed E-state index contributed by atoms with van der Waals surface area (Å²) in [5.41, 5.74) is 7.94. The molecule has 0 spiro atoms. The second kappa shape index (κ2) is 6.16. The maximum Gasteiger partial charge on any atom is 0.133 e. The van der Waals surface area contributed by atoms with Gasteiger partial charge >= 0.3 is 0 Å². The summed E-state index contributed by atoms with van der Waals surface area (Å²) in [7, 11) is 0. The molecule has 100 valence electrons. The Labute approximate surface area is 109 Å². The molecule has 0 aliphatic heterocycles. The molecule has 4 nitrogen and oxygen atoms in total. The van der Waals surface area contributed by atoms with Crippen LogP contribution < -0.4 is 10.6 Å². The average Bonchev–Trinajstić information content (AvgIpc) is 2.32. The molecular weight excluding hydrogens is 226 g/mol. The van der Waals surface area contributed by atoms with Gasteiger partial charge in [-0.2, -0.15) is 0 Å². The van der Waals surface area contributed by atoms with E-state index < -0.39 is 0 Å². The first-order chi connectivity index (χ1) is 8.76. The molecule has 1 aliphatic carbocycles. The predicted octanol–water partition coefficient (Wildman–Crippen LogP) is 1.59. The van der Waals surface area contributed by atoms with Crippen molar-refractivity contribution in [1.82, 2.24) is 4.98 Å². The number of aliphatic hydroxyl groups excluding tert-OH is 1. The molecule has 1 aliphatic rings. The van der Waals surface area contributed by atoms with Crippen LogP contribution in [-0.2, 0) is 6.54 Å². The second-order valence-corrected chi connectivity index (χ2v) is 4.99. The lowest BCUT2D eigenvalue weighted by atomic mass is 9.91. The molecular formula is C14H23N3O. The van der Waals surface area contributed by atoms with Crippen molar-refractivity contribution in [3.63, 3.8) is 0 Å². The van der Waals surface area contributed by atoms with Gasteiger partial charge in [-0.15, -0.1) is 0 Å². The van der Waals surface area contributed by atoms with E-state index in [4.69, 9.17) is 10.8 Å². The molecule has 1 aromatic rings. The molecule has 0 atom stereocenters. The molecule has 0 amide bonds. The van der Waals surface area contributed by atoms with E-state index in [9.17, 15) is 0 Å². The Morgan fingerprint density at radius 3 is 2.78 bits per heavy atom. The zero-order chi connectivity index (χ0) is 13.0. The van der Waals surface area contributed by atoms with E-state index in [1.54, 1.807) is 0 Å². The summed E-state index contributed by atoms with van der Waals surface area (Å²) in [5, 5.41) is 9.04. The number of rotatable bonds is 6. The Kier molecular flexibility index (Phi) is 4.55. The van der Waals surface area contributed by atoms with Gasteiger partial charge < -0.3 is 15.7 Å². The number of hydrogen-bond donors (Lipinski definition) is 2. The molecule has 4 heteroatoms. The third kappa shape index (κ3) is 2.82. The molecule has 1 heterocycles. The quantitative estimate of drug-likeness (QED) is 0.803. The van der Waals surface area contributed by atoms with Gasteiger partial charge in [0.1, 0.15) is 5.82 Å². The summed E-state index contributed by atoms with van der Waals surface area (Å²) < 4.78 is 0. The molecule has 0 radical (unpaired) electrons. The van der Waals surface area contributed by atoms with Crippen LogP contribution in [0.5, 0.6) is 0 Å². The topological polar surface area (TPSA) is 62.4 Å². The van der Waals surface area contributed by atoms with E-state index in [0.29, 0.717) is 12.6 Å². The van der Waals surface area contributed by atoms with Crippen LogP contribution in [0.2, 0.25) is 0 Å². The molecule has 0 bridgehead atoms. The van der Waals surface area contributed by atoms with Gasteiger partial charge in [-0.05, 0) is 38.7 Å². The first-order valence-electron chi connectivity index (χ1n) is 6.80. The minimum Gasteiger partial charge on any atom is -0.396 e. The van der Waals surface area contributed by atoms with Crippen molar-refractivity contribution < 1.29 is 5.11 Å². The van der Waals surface area contributed by atoms with Gasteiger partial charge in [0, 0.05) is 37.0 Å². The van der Waals surface area contributed by atoms with E-state index in [0.717, 1.165) is 30.0 Å². The Bertz CT molecular complexity index is 391. The number of aryl methyl sites for hydroxylation is 1. The van der Waals surface area contributed by atoms with Gasteiger partial charge in [-0.25, -0.2) is 4.98 Å². The van der Waals surface area contributed by atoms with Crippen molar-refractivity contribution in [3.8, 4) is 0 Å². The van der Waals surface area contributed by atoms with Crippen LogP contribution in [0.1, 0.15) is 36.9 Å². The lowest BCUT2D eigenvalue weighted by Gasteiger charge is -2.39. The number of aliphatic hydroxyl groups is 1. The van der Waals surface area contributed by atoms with Gasteiger partial charge in [0.25, 0.3) is 0 Å². The van der Waals surface area contributed by atoms with Gasteiger partial charge in [0.2, 0.25) is 0 Å². The summed E-state index contributed by atoms with van der Waals surface area (Å²) in [5.74, 6) is 1.02. The summed E-state index contributed by atoms with van der Waals surface area (Å²) in [4.78, 5) is 7.01. The number of pyridine rings is 1. The monoisotopic (exact) mass is 249 g/mol. The molecule has 0 saturated heterocycles. The molecule has 0 unspecified atom stereocenters. The van der Waals surface area contributed by atoms with Crippen molar-refractivity contribution in [1.29, 1.82) is 0 Å². The maximum absolute atomic E-state index is 9.04. The van der Waals surface area contributed by atoms with Crippen molar-refractivity contribution in [2.24, 2.45) is 5.73 Å². The van der Waals surface area contributed by atoms with Gasteiger partial charge in [0.05, 0.1) is 0 Å². The Hall–Kier alpha value is -1.13. The molecule has 3 N–H and O–H groups in total. The first-order valence-corrected chi connectivity index (χ1v) is 6.80. The minimum absolute atomic E-state index is 0.229. The summed E-state index contributed by atoms with van der Waals surface area (Å²) in [6.45, 7) is 3.62. The van der Waals surface area contributed by atoms with Crippen molar-refractivity contribution >= 4 is 5.82 Å². The zero-order valence-corrected chi connectivity index (χ0v) is 11.1. The standard InChI is InChI=1S/C14H23N3O/c1-11-6-7-12(10-15)14(16-11)17(8-3-9-18)13-4-2-5-13/h6-7,13,18H,2-5,8-10,15H2,1H3. The van der Waals surface area contributed by atoms with Crippen LogP contribution in [0.3, 0.4) is 0 Å². The Morgan fingerprint density at radius 1 is 1.44 bits per heavy atom. The van der Waals surface area contributed by atoms with Crippen molar-refractivity contribution in [2.45, 2.75) is 45.2 Å². The highest BCUT2D eigenvalue weighted by molar-refractivity contribution is 5.49. The van der Waals surface area contributed by atoms with Gasteiger partial charge in [-0.1, -0.05) is 6.07 Å². The third-order valence-corrected chi connectivity index (χ3v) is 3.66. The third-order valence-electron chi connectivity index (χ3n) is 3.66. The van der Waals surface area contributed by atoms with E-state index in [-0.39, 0.29) is 6.61 Å². The number of anilines is 1. The lowest BCUT2D eigenvalue weighted by molar-refractivity contribution is 0.282. The summed E-state index contributed by atoms with van der Waals surface area (Å²) in [6, 6.07) is 4.66. The minimum atomic E-state index is 0.229. The fourth-order valence-electron chi connectivity index (χ4n) is 2.38. The van der Waals surface area contributed by atoms with Gasteiger partial charge in [-0.3, -0.25) is 0 Å². The van der Waals surface area contributed by atoms with Crippen LogP contribution >= 0.6 is 0 Å². The second-order valence-electron chi connectivity index (χ2n) is 4.99. The number of hydrogen-bond acceptors (Lipinski definition) is 4. The highest BCUT2D eigenvalue weighted by Gasteiger charge is 2.27. The van der Waals surface area contributed by atoms with Crippen molar-refractivity contribution in [3.05, 3.63) is 23.4 Å². The van der Waals surface area contributed by atoms with E-state index >= 15 is 0 Å². The largest absolute Gasteiger partial charge is 0.396 e. The average molecular weight is 249 g/mol. The highest BCUT2D eigenvalue weighted by Crippen LogP contribution is 2.30. The fourth-order valence-corrected chi connectivity index (χ4v) is 2.38. The Balaban J connectivity index is 2.24.